The predicted octanol–water partition coefficient (Wildman–Crippen LogP) is 2.71. The second-order valence-corrected chi connectivity index (χ2v) is 7.52. The summed E-state index contributed by atoms with van der Waals surface area (Å²) in [6.07, 6.45) is 2.61. The largest absolute Gasteiger partial charge is 0.370 e. The van der Waals surface area contributed by atoms with E-state index < -0.39 is 0 Å². The predicted molar refractivity (Wildman–Crippen MR) is 81.9 cm³/mol. The van der Waals surface area contributed by atoms with Crippen LogP contribution in [0.25, 0.3) is 0 Å². The van der Waals surface area contributed by atoms with Crippen molar-refractivity contribution in [1.29, 1.82) is 0 Å². The first-order chi connectivity index (χ1) is 8.43. The van der Waals surface area contributed by atoms with E-state index in [1.807, 2.05) is 20.8 Å². The Balaban J connectivity index is 4.61. The molecule has 4 N–H and O–H groups in total. The van der Waals surface area contributed by atoms with Gasteiger partial charge in [0.25, 0.3) is 0 Å². The van der Waals surface area contributed by atoms with Crippen LogP contribution in [0.2, 0.25) is 0 Å². The van der Waals surface area contributed by atoms with Crippen molar-refractivity contribution >= 4 is 11.7 Å². The van der Waals surface area contributed by atoms with Gasteiger partial charge in [-0.3, -0.25) is 9.79 Å². The Hall–Kier alpha value is -1.06. The van der Waals surface area contributed by atoms with Gasteiger partial charge in [0, 0.05) is 17.9 Å². The molecule has 0 aromatic rings. The van der Waals surface area contributed by atoms with Crippen molar-refractivity contribution in [2.45, 2.75) is 60.8 Å². The Bertz CT molecular complexity index is 317. The summed E-state index contributed by atoms with van der Waals surface area (Å²) in [5, 5.41) is 0. The number of hydrogen-bond acceptors (Lipinski definition) is 2. The molecule has 0 aliphatic heterocycles. The fourth-order valence-electron chi connectivity index (χ4n) is 2.22. The summed E-state index contributed by atoms with van der Waals surface area (Å²) in [6.45, 7) is 13.1. The first-order valence-electron chi connectivity index (χ1n) is 7.03. The van der Waals surface area contributed by atoms with E-state index in [1.165, 1.54) is 0 Å². The van der Waals surface area contributed by atoms with Crippen LogP contribution >= 0.6 is 0 Å². The highest BCUT2D eigenvalue weighted by Gasteiger charge is 2.31. The molecule has 0 saturated carbocycles. The third-order valence-electron chi connectivity index (χ3n) is 2.97. The molecule has 0 bridgehead atoms. The number of rotatable bonds is 6. The van der Waals surface area contributed by atoms with Crippen molar-refractivity contribution in [1.82, 2.24) is 0 Å². The molecule has 0 heterocycles. The second kappa shape index (κ2) is 6.92. The highest BCUT2D eigenvalue weighted by Crippen LogP contribution is 2.32. The zero-order valence-corrected chi connectivity index (χ0v) is 13.4. The lowest BCUT2D eigenvalue weighted by Crippen LogP contribution is -2.31. The van der Waals surface area contributed by atoms with Crippen molar-refractivity contribution in [2.24, 2.45) is 33.2 Å². The molecule has 4 heteroatoms. The van der Waals surface area contributed by atoms with E-state index in [9.17, 15) is 4.79 Å². The number of nitrogens with zero attached hydrogens (tertiary/aromatic N) is 1. The summed E-state index contributed by atoms with van der Waals surface area (Å²) in [4.78, 5) is 16.5. The number of carbonyl (C=O) groups excluding carboxylic acids is 1. The van der Waals surface area contributed by atoms with E-state index in [2.05, 4.69) is 25.8 Å². The van der Waals surface area contributed by atoms with Crippen molar-refractivity contribution in [3.63, 3.8) is 0 Å². The van der Waals surface area contributed by atoms with Crippen LogP contribution in [-0.2, 0) is 4.79 Å². The molecule has 0 rings (SSSR count). The van der Waals surface area contributed by atoms with Gasteiger partial charge in [-0.05, 0) is 24.7 Å². The average molecular weight is 269 g/mol. The van der Waals surface area contributed by atoms with Crippen LogP contribution in [0.5, 0.6) is 0 Å². The summed E-state index contributed by atoms with van der Waals surface area (Å²) < 4.78 is 0. The molecule has 0 aromatic heterocycles. The standard InChI is InChI=1S/C15H31N3O/c1-14(2,3)10-11(12(19)15(4,5)6)8-7-9-18-13(16)17/h11H,7-10H2,1-6H3,(H4,16,17,18)/t11-/m1/s1. The fourth-order valence-corrected chi connectivity index (χ4v) is 2.22. The molecule has 0 unspecified atom stereocenters. The van der Waals surface area contributed by atoms with Crippen molar-refractivity contribution < 1.29 is 4.79 Å². The van der Waals surface area contributed by atoms with Crippen LogP contribution in [0.15, 0.2) is 4.99 Å². The first kappa shape index (κ1) is 17.9. The number of nitrogens with two attached hydrogens (primary N) is 2. The summed E-state index contributed by atoms with van der Waals surface area (Å²) in [5.41, 5.74) is 10.5. The molecule has 0 aliphatic carbocycles. The minimum atomic E-state index is -0.286. The van der Waals surface area contributed by atoms with Gasteiger partial charge >= 0.3 is 0 Å². The number of carbonyl (C=O) groups is 1. The normalized spacial score (nSPS) is 14.0. The molecule has 0 saturated heterocycles. The summed E-state index contributed by atoms with van der Waals surface area (Å²) in [7, 11) is 0. The van der Waals surface area contributed by atoms with Gasteiger partial charge in [-0.25, -0.2) is 0 Å². The molecule has 0 spiro atoms. The lowest BCUT2D eigenvalue weighted by molar-refractivity contribution is -0.131. The monoisotopic (exact) mass is 269 g/mol. The molecular formula is C15H31N3O. The van der Waals surface area contributed by atoms with Gasteiger partial charge in [0.05, 0.1) is 0 Å². The molecule has 112 valence electrons. The van der Waals surface area contributed by atoms with Crippen molar-refractivity contribution in [3.05, 3.63) is 0 Å². The maximum Gasteiger partial charge on any atom is 0.185 e. The third kappa shape index (κ3) is 8.62. The van der Waals surface area contributed by atoms with E-state index in [1.54, 1.807) is 0 Å². The van der Waals surface area contributed by atoms with Crippen LogP contribution in [0.3, 0.4) is 0 Å². The zero-order valence-electron chi connectivity index (χ0n) is 13.4. The lowest BCUT2D eigenvalue weighted by atomic mass is 9.74. The van der Waals surface area contributed by atoms with Gasteiger partial charge in [0.1, 0.15) is 5.78 Å². The van der Waals surface area contributed by atoms with E-state index in [0.29, 0.717) is 12.3 Å². The topological polar surface area (TPSA) is 81.5 Å². The maximum atomic E-state index is 12.5. The SMILES string of the molecule is CC(C)(C)C[C@@H](CCCN=C(N)N)C(=O)C(C)(C)C. The van der Waals surface area contributed by atoms with Crippen LogP contribution in [0, 0.1) is 16.7 Å². The number of guanidine groups is 1. The Morgan fingerprint density at radius 3 is 2.00 bits per heavy atom. The molecule has 0 amide bonds. The molecular weight excluding hydrogens is 238 g/mol. The lowest BCUT2D eigenvalue weighted by Gasteiger charge is -2.29. The Morgan fingerprint density at radius 1 is 1.11 bits per heavy atom. The van der Waals surface area contributed by atoms with Gasteiger partial charge in [-0.15, -0.1) is 0 Å². The summed E-state index contributed by atoms with van der Waals surface area (Å²) in [5.74, 6) is 0.552. The van der Waals surface area contributed by atoms with Gasteiger partial charge in [-0.1, -0.05) is 41.5 Å². The van der Waals surface area contributed by atoms with E-state index in [0.717, 1.165) is 19.3 Å². The van der Waals surface area contributed by atoms with E-state index in [-0.39, 0.29) is 22.7 Å². The molecule has 0 fully saturated rings. The fraction of sp³-hybridized carbons (Fsp3) is 0.867. The van der Waals surface area contributed by atoms with Crippen molar-refractivity contribution in [2.75, 3.05) is 6.54 Å². The van der Waals surface area contributed by atoms with Crippen molar-refractivity contribution in [3.8, 4) is 0 Å². The van der Waals surface area contributed by atoms with Crippen LogP contribution in [0.4, 0.5) is 0 Å². The quantitative estimate of drug-likeness (QED) is 0.442. The average Bonchev–Trinajstić information content (AvgIpc) is 2.18. The summed E-state index contributed by atoms with van der Waals surface area (Å²) in [6, 6.07) is 0. The number of ketones is 1. The van der Waals surface area contributed by atoms with Crippen LogP contribution < -0.4 is 11.5 Å². The number of hydrogen-bond donors (Lipinski definition) is 2. The molecule has 4 nitrogen and oxygen atoms in total. The van der Waals surface area contributed by atoms with E-state index >= 15 is 0 Å². The molecule has 0 radical (unpaired) electrons. The maximum absolute atomic E-state index is 12.5. The van der Waals surface area contributed by atoms with Crippen LogP contribution in [0.1, 0.15) is 60.8 Å². The van der Waals surface area contributed by atoms with Gasteiger partial charge < -0.3 is 11.5 Å². The molecule has 19 heavy (non-hydrogen) atoms. The molecule has 0 aromatic carbocycles. The first-order valence-corrected chi connectivity index (χ1v) is 7.03. The van der Waals surface area contributed by atoms with Crippen LogP contribution in [-0.4, -0.2) is 18.3 Å². The zero-order chi connectivity index (χ0) is 15.3. The van der Waals surface area contributed by atoms with Gasteiger partial charge in [0.15, 0.2) is 5.96 Å². The van der Waals surface area contributed by atoms with Gasteiger partial charge in [0.2, 0.25) is 0 Å². The van der Waals surface area contributed by atoms with E-state index in [4.69, 9.17) is 11.5 Å². The molecule has 1 atom stereocenters. The Morgan fingerprint density at radius 2 is 1.63 bits per heavy atom. The highest BCUT2D eigenvalue weighted by atomic mass is 16.1. The Kier molecular flexibility index (Phi) is 6.53. The summed E-state index contributed by atoms with van der Waals surface area (Å²) >= 11 is 0. The highest BCUT2D eigenvalue weighted by molar-refractivity contribution is 5.86. The third-order valence-corrected chi connectivity index (χ3v) is 2.97. The molecule has 0 aliphatic rings. The minimum Gasteiger partial charge on any atom is -0.370 e. The van der Waals surface area contributed by atoms with Gasteiger partial charge in [-0.2, -0.15) is 0 Å². The minimum absolute atomic E-state index is 0.0919. The number of aliphatic imine (C=N–C) groups is 1. The second-order valence-electron chi connectivity index (χ2n) is 7.52. The smallest absolute Gasteiger partial charge is 0.185 e. The number of Topliss-reactive ketones (excluding diaryl/α,β-unsaturated/α-hetero) is 1. The Labute approximate surface area is 118 Å².